The van der Waals surface area contributed by atoms with Crippen LogP contribution in [0.25, 0.3) is 11.1 Å². The third-order valence-electron chi connectivity index (χ3n) is 5.51. The van der Waals surface area contributed by atoms with E-state index in [-0.39, 0.29) is 25.3 Å². The summed E-state index contributed by atoms with van der Waals surface area (Å²) in [6.07, 6.45) is 2.54. The number of carbonyl (C=O) groups is 1. The Labute approximate surface area is 185 Å². The van der Waals surface area contributed by atoms with Gasteiger partial charge in [-0.15, -0.1) is 0 Å². The van der Waals surface area contributed by atoms with Gasteiger partial charge in [-0.1, -0.05) is 24.3 Å². The Morgan fingerprint density at radius 3 is 2.56 bits per heavy atom. The molecule has 2 heterocycles. The lowest BCUT2D eigenvalue weighted by atomic mass is 10.00. The van der Waals surface area contributed by atoms with Gasteiger partial charge in [-0.05, 0) is 47.0 Å². The zero-order valence-corrected chi connectivity index (χ0v) is 17.4. The van der Waals surface area contributed by atoms with E-state index in [4.69, 9.17) is 10.5 Å². The number of aromatic nitrogens is 1. The van der Waals surface area contributed by atoms with E-state index in [0.29, 0.717) is 29.9 Å². The maximum absolute atomic E-state index is 14.9. The fraction of sp³-hybridized carbons (Fsp3) is 0.250. The number of benzene rings is 2. The fourth-order valence-electron chi connectivity index (χ4n) is 3.69. The molecule has 1 fully saturated rings. The van der Waals surface area contributed by atoms with E-state index in [1.54, 1.807) is 24.5 Å². The first-order chi connectivity index (χ1) is 15.6. The van der Waals surface area contributed by atoms with Crippen LogP contribution in [0.4, 0.5) is 14.9 Å². The van der Waals surface area contributed by atoms with E-state index in [1.807, 2.05) is 36.4 Å². The van der Waals surface area contributed by atoms with Crippen LogP contribution in [0.5, 0.6) is 0 Å². The Bertz CT molecular complexity index is 1060. The molecule has 1 aliphatic heterocycles. The summed E-state index contributed by atoms with van der Waals surface area (Å²) in [5.74, 6) is -0.436. The molecule has 2 aromatic carbocycles. The van der Waals surface area contributed by atoms with E-state index in [2.05, 4.69) is 10.3 Å². The summed E-state index contributed by atoms with van der Waals surface area (Å²) in [4.78, 5) is 17.4. The summed E-state index contributed by atoms with van der Waals surface area (Å²) in [6.45, 7) is 1.05. The first kappa shape index (κ1) is 21.9. The largest absolute Gasteiger partial charge is 0.443 e. The van der Waals surface area contributed by atoms with Crippen molar-refractivity contribution in [3.05, 3.63) is 83.9 Å². The van der Waals surface area contributed by atoms with Gasteiger partial charge in [0.2, 0.25) is 0 Å². The molecule has 8 heteroatoms. The van der Waals surface area contributed by atoms with E-state index in [0.717, 1.165) is 11.1 Å². The molecule has 2 atom stereocenters. The van der Waals surface area contributed by atoms with Crippen molar-refractivity contribution in [1.82, 2.24) is 10.3 Å². The molecule has 0 aliphatic carbocycles. The van der Waals surface area contributed by atoms with Crippen LogP contribution in [0.2, 0.25) is 0 Å². The Morgan fingerprint density at radius 2 is 1.94 bits per heavy atom. The molecule has 0 unspecified atom stereocenters. The summed E-state index contributed by atoms with van der Waals surface area (Å²) in [5, 5.41) is 13.1. The number of amides is 1. The highest BCUT2D eigenvalue weighted by Crippen LogP contribution is 2.30. The number of aliphatic hydroxyl groups is 1. The van der Waals surface area contributed by atoms with Crippen LogP contribution in [0.3, 0.4) is 0 Å². The number of pyridine rings is 1. The molecular weight excluding hydrogens is 411 g/mol. The minimum absolute atomic E-state index is 0.0663. The van der Waals surface area contributed by atoms with Gasteiger partial charge in [-0.3, -0.25) is 9.88 Å². The molecule has 3 aromatic rings. The second-order valence-electron chi connectivity index (χ2n) is 7.61. The van der Waals surface area contributed by atoms with Gasteiger partial charge in [0, 0.05) is 31.0 Å². The number of halogens is 1. The number of nitrogens with one attached hydrogen (secondary N) is 1. The molecular formula is C24H25FN4O3. The quantitative estimate of drug-likeness (QED) is 0.502. The zero-order valence-electron chi connectivity index (χ0n) is 17.4. The lowest BCUT2D eigenvalue weighted by Crippen LogP contribution is -2.27. The SMILES string of the molecule is NC[C@H]1CN(c2ccc(-c3ccc([C@H](CO)NCc4ccncc4)cc3)c(F)c2)C(=O)O1. The summed E-state index contributed by atoms with van der Waals surface area (Å²) in [6, 6.07) is 15.6. The fourth-order valence-corrected chi connectivity index (χ4v) is 3.69. The number of nitrogens with zero attached hydrogens (tertiary/aromatic N) is 2. The first-order valence-corrected chi connectivity index (χ1v) is 10.4. The number of anilines is 1. The normalized spacial score (nSPS) is 16.8. The number of hydrogen-bond donors (Lipinski definition) is 3. The van der Waals surface area contributed by atoms with Gasteiger partial charge in [0.05, 0.1) is 24.9 Å². The molecule has 1 saturated heterocycles. The van der Waals surface area contributed by atoms with Gasteiger partial charge in [-0.25, -0.2) is 9.18 Å². The Hall–Kier alpha value is -3.33. The van der Waals surface area contributed by atoms with Crippen molar-refractivity contribution < 1.29 is 19.0 Å². The van der Waals surface area contributed by atoms with Crippen molar-refractivity contribution in [3.8, 4) is 11.1 Å². The number of cyclic esters (lactones) is 1. The molecule has 0 spiro atoms. The van der Waals surface area contributed by atoms with Gasteiger partial charge in [0.15, 0.2) is 0 Å². The standard InChI is InChI=1S/C24H25FN4O3/c25-22-11-19(29-14-20(12-26)32-24(29)31)5-6-21(22)17-1-3-18(4-2-17)23(15-30)28-13-16-7-9-27-10-8-16/h1-11,20,23,28,30H,12-15,26H2/t20-,23-/m0/s1. The highest BCUT2D eigenvalue weighted by atomic mass is 19.1. The molecule has 0 saturated carbocycles. The van der Waals surface area contributed by atoms with Crippen molar-refractivity contribution >= 4 is 11.8 Å². The number of ether oxygens (including phenoxy) is 1. The molecule has 4 N–H and O–H groups in total. The third-order valence-corrected chi connectivity index (χ3v) is 5.51. The summed E-state index contributed by atoms with van der Waals surface area (Å²) >= 11 is 0. The van der Waals surface area contributed by atoms with Crippen LogP contribution < -0.4 is 16.0 Å². The van der Waals surface area contributed by atoms with E-state index in [1.165, 1.54) is 11.0 Å². The van der Waals surface area contributed by atoms with Crippen molar-refractivity contribution in [3.63, 3.8) is 0 Å². The van der Waals surface area contributed by atoms with Gasteiger partial charge in [0.1, 0.15) is 11.9 Å². The maximum Gasteiger partial charge on any atom is 0.414 e. The third kappa shape index (κ3) is 4.77. The van der Waals surface area contributed by atoms with Crippen molar-refractivity contribution in [2.75, 3.05) is 24.6 Å². The molecule has 166 valence electrons. The van der Waals surface area contributed by atoms with Crippen LogP contribution in [-0.4, -0.2) is 42.0 Å². The van der Waals surface area contributed by atoms with Crippen LogP contribution in [-0.2, 0) is 11.3 Å². The minimum Gasteiger partial charge on any atom is -0.443 e. The number of aliphatic hydroxyl groups excluding tert-OH is 1. The molecule has 32 heavy (non-hydrogen) atoms. The van der Waals surface area contributed by atoms with E-state index < -0.39 is 11.9 Å². The zero-order chi connectivity index (χ0) is 22.5. The average Bonchev–Trinajstić information content (AvgIpc) is 3.21. The molecule has 1 aromatic heterocycles. The number of nitrogens with two attached hydrogens (primary N) is 1. The summed E-state index contributed by atoms with van der Waals surface area (Å²) in [5.41, 5.74) is 9.08. The molecule has 0 bridgehead atoms. The smallest absolute Gasteiger partial charge is 0.414 e. The predicted octanol–water partition coefficient (Wildman–Crippen LogP) is 2.99. The number of hydrogen-bond acceptors (Lipinski definition) is 6. The maximum atomic E-state index is 14.9. The van der Waals surface area contributed by atoms with E-state index >= 15 is 0 Å². The molecule has 1 aliphatic rings. The summed E-state index contributed by atoms with van der Waals surface area (Å²) < 4.78 is 20.0. The minimum atomic E-state index is -0.522. The van der Waals surface area contributed by atoms with E-state index in [9.17, 15) is 14.3 Å². The topological polar surface area (TPSA) is 101 Å². The Balaban J connectivity index is 1.47. The molecule has 4 rings (SSSR count). The predicted molar refractivity (Wildman–Crippen MR) is 119 cm³/mol. The van der Waals surface area contributed by atoms with Crippen molar-refractivity contribution in [2.24, 2.45) is 5.73 Å². The van der Waals surface area contributed by atoms with Crippen LogP contribution >= 0.6 is 0 Å². The van der Waals surface area contributed by atoms with Crippen molar-refractivity contribution in [2.45, 2.75) is 18.7 Å². The lowest BCUT2D eigenvalue weighted by molar-refractivity contribution is 0.145. The highest BCUT2D eigenvalue weighted by Gasteiger charge is 2.31. The lowest BCUT2D eigenvalue weighted by Gasteiger charge is -2.18. The Morgan fingerprint density at radius 1 is 1.19 bits per heavy atom. The average molecular weight is 436 g/mol. The first-order valence-electron chi connectivity index (χ1n) is 10.4. The Kier molecular flexibility index (Phi) is 6.75. The molecule has 7 nitrogen and oxygen atoms in total. The number of rotatable bonds is 8. The van der Waals surface area contributed by atoms with Gasteiger partial charge in [-0.2, -0.15) is 0 Å². The van der Waals surface area contributed by atoms with Gasteiger partial charge in [0.25, 0.3) is 0 Å². The number of carbonyl (C=O) groups excluding carboxylic acids is 1. The van der Waals surface area contributed by atoms with Crippen LogP contribution in [0.15, 0.2) is 67.0 Å². The van der Waals surface area contributed by atoms with Crippen LogP contribution in [0.1, 0.15) is 17.2 Å². The second-order valence-corrected chi connectivity index (χ2v) is 7.61. The van der Waals surface area contributed by atoms with Crippen molar-refractivity contribution in [1.29, 1.82) is 0 Å². The highest BCUT2D eigenvalue weighted by molar-refractivity contribution is 5.90. The molecule has 1 amide bonds. The monoisotopic (exact) mass is 436 g/mol. The summed E-state index contributed by atoms with van der Waals surface area (Å²) in [7, 11) is 0. The van der Waals surface area contributed by atoms with Gasteiger partial charge < -0.3 is 20.9 Å². The molecule has 0 radical (unpaired) electrons. The second kappa shape index (κ2) is 9.86. The van der Waals surface area contributed by atoms with Gasteiger partial charge >= 0.3 is 6.09 Å². The van der Waals surface area contributed by atoms with Crippen LogP contribution in [0, 0.1) is 5.82 Å².